The molecule has 0 unspecified atom stereocenters. The van der Waals surface area contributed by atoms with Gasteiger partial charge < -0.3 is 20.2 Å². The van der Waals surface area contributed by atoms with Crippen LogP contribution in [0, 0.1) is 0 Å². The maximum Gasteiger partial charge on any atom is 0.411 e. The number of amides is 3. The predicted molar refractivity (Wildman–Crippen MR) is 145 cm³/mol. The van der Waals surface area contributed by atoms with Gasteiger partial charge in [0, 0.05) is 13.0 Å². The highest BCUT2D eigenvalue weighted by Crippen LogP contribution is 2.36. The molecule has 1 heterocycles. The maximum atomic E-state index is 13.4. The Morgan fingerprint density at radius 3 is 2.30 bits per heavy atom. The van der Waals surface area contributed by atoms with Gasteiger partial charge in [-0.2, -0.15) is 0 Å². The number of fused-ring (bicyclic) bond motifs is 1. The van der Waals surface area contributed by atoms with Crippen molar-refractivity contribution in [3.8, 4) is 0 Å². The smallest absolute Gasteiger partial charge is 0.411 e. The lowest BCUT2D eigenvalue weighted by atomic mass is 9.93. The van der Waals surface area contributed by atoms with E-state index in [2.05, 4.69) is 39.2 Å². The maximum absolute atomic E-state index is 13.4. The largest absolute Gasteiger partial charge is 0.445 e. The van der Waals surface area contributed by atoms with Crippen molar-refractivity contribution in [2.75, 3.05) is 6.61 Å². The zero-order valence-electron chi connectivity index (χ0n) is 22.5. The van der Waals surface area contributed by atoms with E-state index in [9.17, 15) is 14.4 Å². The highest BCUT2D eigenvalue weighted by molar-refractivity contribution is 6.74. The Labute approximate surface area is 220 Å². The molecule has 0 aliphatic carbocycles. The Kier molecular flexibility index (Phi) is 9.15. The summed E-state index contributed by atoms with van der Waals surface area (Å²) in [4.78, 5) is 40.2. The molecule has 2 aromatic rings. The van der Waals surface area contributed by atoms with Crippen molar-refractivity contribution in [2.45, 2.75) is 77.0 Å². The molecule has 2 aromatic carbocycles. The average Bonchev–Trinajstić information content (AvgIpc) is 2.85. The Morgan fingerprint density at radius 2 is 1.68 bits per heavy atom. The molecule has 1 aliphatic heterocycles. The first-order valence-electron chi connectivity index (χ1n) is 12.7. The van der Waals surface area contributed by atoms with Crippen molar-refractivity contribution in [3.63, 3.8) is 0 Å². The van der Waals surface area contributed by atoms with Crippen LogP contribution in [0.1, 0.15) is 43.9 Å². The van der Waals surface area contributed by atoms with Crippen molar-refractivity contribution < 1.29 is 23.5 Å². The van der Waals surface area contributed by atoms with E-state index in [1.165, 1.54) is 4.90 Å². The molecule has 0 fully saturated rings. The lowest BCUT2D eigenvalue weighted by Gasteiger charge is -2.37. The molecular weight excluding hydrogens is 486 g/mol. The second-order valence-corrected chi connectivity index (χ2v) is 15.8. The number of primary amides is 1. The summed E-state index contributed by atoms with van der Waals surface area (Å²) < 4.78 is 11.7. The Morgan fingerprint density at radius 1 is 1.05 bits per heavy atom. The monoisotopic (exact) mass is 525 g/mol. The molecule has 37 heavy (non-hydrogen) atoms. The molecule has 0 saturated heterocycles. The molecule has 0 aromatic heterocycles. The Balaban J connectivity index is 1.71. The quantitative estimate of drug-likeness (QED) is 0.478. The van der Waals surface area contributed by atoms with Gasteiger partial charge in [-0.25, -0.2) is 4.79 Å². The van der Waals surface area contributed by atoms with E-state index < -0.39 is 38.3 Å². The van der Waals surface area contributed by atoms with Crippen LogP contribution in [-0.4, -0.2) is 49.8 Å². The van der Waals surface area contributed by atoms with Crippen molar-refractivity contribution in [1.82, 2.24) is 10.2 Å². The number of carbonyl (C=O) groups is 3. The van der Waals surface area contributed by atoms with Crippen LogP contribution in [0.15, 0.2) is 54.6 Å². The normalized spacial score (nSPS) is 16.5. The zero-order valence-corrected chi connectivity index (χ0v) is 23.5. The van der Waals surface area contributed by atoms with Gasteiger partial charge in [-0.3, -0.25) is 14.5 Å². The van der Waals surface area contributed by atoms with Gasteiger partial charge in [0.15, 0.2) is 8.32 Å². The first-order chi connectivity index (χ1) is 17.4. The van der Waals surface area contributed by atoms with Crippen molar-refractivity contribution in [1.29, 1.82) is 0 Å². The number of benzene rings is 2. The SMILES string of the molecule is CC(C)(C)[Si](C)(C)OCC[C@H](NC(=O)[C@@H]1Cc2ccccc2CN1C(=O)OCc1ccccc1)C(N)=O. The molecule has 0 saturated carbocycles. The van der Waals surface area contributed by atoms with Crippen LogP contribution < -0.4 is 11.1 Å². The molecule has 1 aliphatic rings. The van der Waals surface area contributed by atoms with Gasteiger partial charge >= 0.3 is 6.09 Å². The summed E-state index contributed by atoms with van der Waals surface area (Å²) in [5.74, 6) is -1.08. The fourth-order valence-electron chi connectivity index (χ4n) is 3.95. The molecule has 3 rings (SSSR count). The van der Waals surface area contributed by atoms with Gasteiger partial charge in [0.2, 0.25) is 11.8 Å². The minimum atomic E-state index is -2.02. The minimum Gasteiger partial charge on any atom is -0.445 e. The van der Waals surface area contributed by atoms with Crippen molar-refractivity contribution >= 4 is 26.2 Å². The first kappa shape index (κ1) is 28.4. The molecule has 2 atom stereocenters. The lowest BCUT2D eigenvalue weighted by molar-refractivity contribution is -0.131. The van der Waals surface area contributed by atoms with Gasteiger partial charge in [-0.1, -0.05) is 75.4 Å². The van der Waals surface area contributed by atoms with Gasteiger partial charge in [0.1, 0.15) is 18.7 Å². The third-order valence-electron chi connectivity index (χ3n) is 7.33. The summed E-state index contributed by atoms with van der Waals surface area (Å²) in [5, 5.41) is 2.80. The van der Waals surface area contributed by atoms with Crippen LogP contribution in [0.3, 0.4) is 0 Å². The zero-order chi connectivity index (χ0) is 27.2. The van der Waals surface area contributed by atoms with E-state index in [-0.39, 0.29) is 24.6 Å². The van der Waals surface area contributed by atoms with Crippen LogP contribution in [0.2, 0.25) is 18.1 Å². The van der Waals surface area contributed by atoms with Crippen LogP contribution >= 0.6 is 0 Å². The summed E-state index contributed by atoms with van der Waals surface area (Å²) in [7, 11) is -2.02. The topological polar surface area (TPSA) is 111 Å². The van der Waals surface area contributed by atoms with Crippen molar-refractivity contribution in [3.05, 3.63) is 71.3 Å². The van der Waals surface area contributed by atoms with Gasteiger partial charge in [-0.15, -0.1) is 0 Å². The van der Waals surface area contributed by atoms with E-state index in [0.717, 1.165) is 16.7 Å². The molecule has 8 nitrogen and oxygen atoms in total. The predicted octanol–water partition coefficient (Wildman–Crippen LogP) is 4.13. The minimum absolute atomic E-state index is 0.0224. The standard InChI is InChI=1S/C28H39N3O5Si/c1-28(2,3)37(4,5)36-16-15-23(25(29)32)30-26(33)24-17-21-13-9-10-14-22(21)18-31(24)27(34)35-19-20-11-7-6-8-12-20/h6-14,23-24H,15-19H2,1-5H3,(H2,29,32)(H,30,33)/t23-,24-/m0/s1. The van der Waals surface area contributed by atoms with Gasteiger partial charge in [0.05, 0.1) is 6.54 Å². The summed E-state index contributed by atoms with van der Waals surface area (Å²) in [6.45, 7) is 11.3. The fourth-order valence-corrected chi connectivity index (χ4v) is 5.01. The van der Waals surface area contributed by atoms with E-state index in [1.807, 2.05) is 54.6 Å². The molecular formula is C28H39N3O5Si. The fraction of sp³-hybridized carbons (Fsp3) is 0.464. The molecule has 200 valence electrons. The molecule has 9 heteroatoms. The number of rotatable bonds is 9. The highest BCUT2D eigenvalue weighted by Gasteiger charge is 2.39. The van der Waals surface area contributed by atoms with Crippen LogP contribution in [0.4, 0.5) is 4.79 Å². The van der Waals surface area contributed by atoms with E-state index >= 15 is 0 Å². The number of hydrogen-bond acceptors (Lipinski definition) is 5. The Hall–Kier alpha value is -3.17. The second-order valence-electron chi connectivity index (χ2n) is 11.0. The molecule has 0 radical (unpaired) electrons. The Bertz CT molecular complexity index is 1100. The van der Waals surface area contributed by atoms with Crippen LogP contribution in [-0.2, 0) is 38.3 Å². The van der Waals surface area contributed by atoms with E-state index in [0.29, 0.717) is 13.0 Å². The third kappa shape index (κ3) is 7.42. The van der Waals surface area contributed by atoms with Gasteiger partial charge in [-0.05, 0) is 41.2 Å². The van der Waals surface area contributed by atoms with Crippen LogP contribution in [0.25, 0.3) is 0 Å². The number of nitrogens with two attached hydrogens (primary N) is 1. The molecule has 3 N–H and O–H groups in total. The number of hydrogen-bond donors (Lipinski definition) is 2. The van der Waals surface area contributed by atoms with Gasteiger partial charge in [0.25, 0.3) is 0 Å². The van der Waals surface area contributed by atoms with E-state index in [4.69, 9.17) is 14.9 Å². The highest BCUT2D eigenvalue weighted by atomic mass is 28.4. The number of ether oxygens (including phenoxy) is 1. The number of carbonyl (C=O) groups excluding carboxylic acids is 3. The van der Waals surface area contributed by atoms with Crippen LogP contribution in [0.5, 0.6) is 0 Å². The molecule has 0 spiro atoms. The average molecular weight is 526 g/mol. The summed E-state index contributed by atoms with van der Waals surface area (Å²) >= 11 is 0. The number of nitrogens with zero attached hydrogens (tertiary/aromatic N) is 1. The van der Waals surface area contributed by atoms with E-state index in [1.54, 1.807) is 0 Å². The molecule has 0 bridgehead atoms. The lowest BCUT2D eigenvalue weighted by Crippen LogP contribution is -2.56. The summed E-state index contributed by atoms with van der Waals surface area (Å²) in [6, 6.07) is 15.3. The first-order valence-corrected chi connectivity index (χ1v) is 15.6. The van der Waals surface area contributed by atoms with Crippen molar-refractivity contribution in [2.24, 2.45) is 5.73 Å². The molecule has 3 amide bonds. The third-order valence-corrected chi connectivity index (χ3v) is 11.9. The summed E-state index contributed by atoms with van der Waals surface area (Å²) in [5.41, 5.74) is 8.42. The summed E-state index contributed by atoms with van der Waals surface area (Å²) in [6.07, 6.45) is -0.0144. The number of nitrogens with one attached hydrogen (secondary N) is 1. The second kappa shape index (κ2) is 11.9.